The molecule has 0 spiro atoms. The predicted octanol–water partition coefficient (Wildman–Crippen LogP) is 4.50. The Labute approximate surface area is 193 Å². The van der Waals surface area contributed by atoms with E-state index in [4.69, 9.17) is 4.74 Å². The molecule has 3 aromatic carbocycles. The molecule has 7 heteroatoms. The van der Waals surface area contributed by atoms with Crippen molar-refractivity contribution >= 4 is 23.4 Å². The van der Waals surface area contributed by atoms with Crippen LogP contribution in [0.4, 0.5) is 5.69 Å². The molecule has 0 aromatic heterocycles. The average molecular weight is 446 g/mol. The van der Waals surface area contributed by atoms with Crippen LogP contribution in [0, 0.1) is 6.92 Å². The van der Waals surface area contributed by atoms with Crippen LogP contribution in [0.15, 0.2) is 72.8 Å². The topological polar surface area (TPSA) is 96.5 Å². The van der Waals surface area contributed by atoms with E-state index in [0.29, 0.717) is 34.7 Å². The second-order valence-corrected chi connectivity index (χ2v) is 7.51. The lowest BCUT2D eigenvalue weighted by Gasteiger charge is -2.12. The van der Waals surface area contributed by atoms with Gasteiger partial charge in [0, 0.05) is 16.8 Å². The van der Waals surface area contributed by atoms with Gasteiger partial charge in [0.2, 0.25) is 0 Å². The molecule has 7 nitrogen and oxygen atoms in total. The van der Waals surface area contributed by atoms with Gasteiger partial charge in [-0.3, -0.25) is 25.2 Å². The van der Waals surface area contributed by atoms with Gasteiger partial charge in [-0.05, 0) is 61.9 Å². The summed E-state index contributed by atoms with van der Waals surface area (Å²) in [5.74, 6) is -0.726. The molecule has 3 rings (SSSR count). The summed E-state index contributed by atoms with van der Waals surface area (Å²) in [5.41, 5.74) is 7.58. The number of nitrogens with one attached hydrogen (secondary N) is 3. The van der Waals surface area contributed by atoms with E-state index >= 15 is 0 Å². The fourth-order valence-corrected chi connectivity index (χ4v) is 3.05. The van der Waals surface area contributed by atoms with Gasteiger partial charge in [-0.2, -0.15) is 0 Å². The number of carbonyl (C=O) groups is 3. The number of rotatable bonds is 8. The summed E-state index contributed by atoms with van der Waals surface area (Å²) in [5, 5.41) is 2.80. The number of para-hydroxylation sites is 1. The molecular weight excluding hydrogens is 418 g/mol. The lowest BCUT2D eigenvalue weighted by Crippen LogP contribution is -2.41. The van der Waals surface area contributed by atoms with Crippen molar-refractivity contribution in [3.63, 3.8) is 0 Å². The molecule has 0 saturated heterocycles. The SMILES string of the molecule is CCCCOc1ccccc1C(=O)NNC(=O)c1ccc(NC(=O)c2cccc(C)c2)cc1. The van der Waals surface area contributed by atoms with Crippen LogP contribution in [0.2, 0.25) is 0 Å². The molecule has 0 fully saturated rings. The highest BCUT2D eigenvalue weighted by Gasteiger charge is 2.14. The fraction of sp³-hybridized carbons (Fsp3) is 0.192. The van der Waals surface area contributed by atoms with Crippen LogP contribution in [-0.2, 0) is 0 Å². The van der Waals surface area contributed by atoms with Gasteiger partial charge in [0.1, 0.15) is 5.75 Å². The monoisotopic (exact) mass is 445 g/mol. The van der Waals surface area contributed by atoms with Crippen molar-refractivity contribution in [1.82, 2.24) is 10.9 Å². The van der Waals surface area contributed by atoms with E-state index in [9.17, 15) is 14.4 Å². The molecule has 0 atom stereocenters. The van der Waals surface area contributed by atoms with Crippen molar-refractivity contribution in [3.05, 3.63) is 95.1 Å². The Bertz CT molecular complexity index is 1130. The van der Waals surface area contributed by atoms with Crippen molar-refractivity contribution in [1.29, 1.82) is 0 Å². The highest BCUT2D eigenvalue weighted by atomic mass is 16.5. The van der Waals surface area contributed by atoms with Crippen LogP contribution < -0.4 is 20.9 Å². The van der Waals surface area contributed by atoms with Crippen LogP contribution in [-0.4, -0.2) is 24.3 Å². The first kappa shape index (κ1) is 23.5. The third kappa shape index (κ3) is 6.67. The molecule has 0 saturated carbocycles. The quantitative estimate of drug-likeness (QED) is 0.351. The van der Waals surface area contributed by atoms with Crippen molar-refractivity contribution < 1.29 is 19.1 Å². The molecule has 0 aliphatic carbocycles. The van der Waals surface area contributed by atoms with E-state index in [1.54, 1.807) is 60.7 Å². The van der Waals surface area contributed by atoms with Crippen molar-refractivity contribution in [2.45, 2.75) is 26.7 Å². The maximum absolute atomic E-state index is 12.5. The Morgan fingerprint density at radius 1 is 0.788 bits per heavy atom. The third-order valence-corrected chi connectivity index (χ3v) is 4.86. The zero-order valence-electron chi connectivity index (χ0n) is 18.7. The number of benzene rings is 3. The summed E-state index contributed by atoms with van der Waals surface area (Å²) >= 11 is 0. The molecule has 3 amide bonds. The highest BCUT2D eigenvalue weighted by molar-refractivity contribution is 6.05. The number of hydrogen-bond donors (Lipinski definition) is 3. The minimum absolute atomic E-state index is 0.233. The lowest BCUT2D eigenvalue weighted by atomic mass is 10.1. The Kier molecular flexibility index (Phi) is 8.18. The summed E-state index contributed by atoms with van der Waals surface area (Å²) in [6, 6.07) is 20.5. The minimum Gasteiger partial charge on any atom is -0.493 e. The second kappa shape index (κ2) is 11.5. The second-order valence-electron chi connectivity index (χ2n) is 7.51. The number of hydrogen-bond acceptors (Lipinski definition) is 4. The largest absolute Gasteiger partial charge is 0.493 e. The number of hydrazine groups is 1. The van der Waals surface area contributed by atoms with E-state index in [1.165, 1.54) is 0 Å². The molecule has 3 aromatic rings. The summed E-state index contributed by atoms with van der Waals surface area (Å²) in [6.07, 6.45) is 1.87. The summed E-state index contributed by atoms with van der Waals surface area (Å²) in [6.45, 7) is 4.49. The standard InChI is InChI=1S/C26H27N3O4/c1-3-4-16-33-23-11-6-5-10-22(23)26(32)29-28-25(31)19-12-14-21(15-13-19)27-24(30)20-9-7-8-18(2)17-20/h5-15,17H,3-4,16H2,1-2H3,(H,27,30)(H,28,31)(H,29,32). The van der Waals surface area contributed by atoms with Gasteiger partial charge in [-0.15, -0.1) is 0 Å². The molecule has 0 heterocycles. The van der Waals surface area contributed by atoms with Crippen LogP contribution in [0.1, 0.15) is 56.4 Å². The number of carbonyl (C=O) groups excluding carboxylic acids is 3. The van der Waals surface area contributed by atoms with E-state index in [0.717, 1.165) is 18.4 Å². The van der Waals surface area contributed by atoms with Gasteiger partial charge in [-0.25, -0.2) is 0 Å². The number of aryl methyl sites for hydroxylation is 1. The Morgan fingerprint density at radius 2 is 1.52 bits per heavy atom. The van der Waals surface area contributed by atoms with Crippen molar-refractivity contribution in [2.75, 3.05) is 11.9 Å². The van der Waals surface area contributed by atoms with Gasteiger partial charge in [0.05, 0.1) is 12.2 Å². The normalized spacial score (nSPS) is 10.2. The van der Waals surface area contributed by atoms with E-state index in [2.05, 4.69) is 23.1 Å². The first-order valence-electron chi connectivity index (χ1n) is 10.8. The molecule has 0 radical (unpaired) electrons. The smallest absolute Gasteiger partial charge is 0.273 e. The van der Waals surface area contributed by atoms with Crippen molar-refractivity contribution in [2.24, 2.45) is 0 Å². The molecule has 0 bridgehead atoms. The van der Waals surface area contributed by atoms with E-state index < -0.39 is 11.8 Å². The first-order valence-corrected chi connectivity index (χ1v) is 10.8. The minimum atomic E-state index is -0.482. The average Bonchev–Trinajstić information content (AvgIpc) is 2.83. The van der Waals surface area contributed by atoms with E-state index in [-0.39, 0.29) is 5.91 Å². The number of amides is 3. The highest BCUT2D eigenvalue weighted by Crippen LogP contribution is 2.18. The zero-order valence-corrected chi connectivity index (χ0v) is 18.7. The van der Waals surface area contributed by atoms with Gasteiger partial charge < -0.3 is 10.1 Å². The third-order valence-electron chi connectivity index (χ3n) is 4.86. The van der Waals surface area contributed by atoms with Crippen LogP contribution >= 0.6 is 0 Å². The van der Waals surface area contributed by atoms with Crippen molar-refractivity contribution in [3.8, 4) is 5.75 Å². The Balaban J connectivity index is 1.56. The Morgan fingerprint density at radius 3 is 2.24 bits per heavy atom. The van der Waals surface area contributed by atoms with Crippen LogP contribution in [0.3, 0.4) is 0 Å². The van der Waals surface area contributed by atoms with Crippen LogP contribution in [0.25, 0.3) is 0 Å². The number of ether oxygens (including phenoxy) is 1. The molecule has 0 unspecified atom stereocenters. The first-order chi connectivity index (χ1) is 16.0. The van der Waals surface area contributed by atoms with E-state index in [1.807, 2.05) is 19.1 Å². The van der Waals surface area contributed by atoms with Gasteiger partial charge in [-0.1, -0.05) is 43.2 Å². The lowest BCUT2D eigenvalue weighted by molar-refractivity contribution is 0.0844. The summed E-state index contributed by atoms with van der Waals surface area (Å²) in [7, 11) is 0. The predicted molar refractivity (Wildman–Crippen MR) is 127 cm³/mol. The number of unbranched alkanes of at least 4 members (excludes halogenated alkanes) is 1. The molecule has 3 N–H and O–H groups in total. The Hall–Kier alpha value is -4.13. The molecule has 170 valence electrons. The summed E-state index contributed by atoms with van der Waals surface area (Å²) in [4.78, 5) is 37.3. The van der Waals surface area contributed by atoms with Gasteiger partial charge in [0.25, 0.3) is 17.7 Å². The maximum Gasteiger partial charge on any atom is 0.273 e. The number of anilines is 1. The van der Waals surface area contributed by atoms with Gasteiger partial charge >= 0.3 is 0 Å². The molecule has 0 aliphatic rings. The summed E-state index contributed by atoms with van der Waals surface area (Å²) < 4.78 is 5.67. The van der Waals surface area contributed by atoms with Crippen LogP contribution in [0.5, 0.6) is 5.75 Å². The fourth-order valence-electron chi connectivity index (χ4n) is 3.05. The molecule has 0 aliphatic heterocycles. The molecular formula is C26H27N3O4. The van der Waals surface area contributed by atoms with Gasteiger partial charge in [0.15, 0.2) is 0 Å². The maximum atomic E-state index is 12.5. The molecule has 33 heavy (non-hydrogen) atoms. The zero-order chi connectivity index (χ0) is 23.6.